The zero-order valence-corrected chi connectivity index (χ0v) is 9.45. The Hall–Kier alpha value is -1.56. The molecule has 16 heavy (non-hydrogen) atoms. The van der Waals surface area contributed by atoms with Crippen molar-refractivity contribution in [2.45, 2.75) is 18.9 Å². The molecule has 1 aliphatic heterocycles. The number of amidine groups is 1. The van der Waals surface area contributed by atoms with Crippen LogP contribution in [0.4, 0.5) is 5.82 Å². The van der Waals surface area contributed by atoms with E-state index in [0.717, 1.165) is 30.9 Å². The van der Waals surface area contributed by atoms with Crippen LogP contribution in [-0.2, 0) is 0 Å². The third-order valence-corrected chi connectivity index (χ3v) is 2.79. The minimum absolute atomic E-state index is 0.418. The summed E-state index contributed by atoms with van der Waals surface area (Å²) in [5.74, 6) is 1.36. The highest BCUT2D eigenvalue weighted by Gasteiger charge is 2.16. The lowest BCUT2D eigenvalue weighted by Crippen LogP contribution is -2.45. The van der Waals surface area contributed by atoms with Crippen LogP contribution in [0.3, 0.4) is 0 Å². The average molecular weight is 222 g/mol. The first-order valence-corrected chi connectivity index (χ1v) is 5.54. The minimum Gasteiger partial charge on any atom is -0.383 e. The Bertz CT molecular complexity index is 363. The van der Waals surface area contributed by atoms with Crippen LogP contribution in [0, 0.1) is 0 Å². The smallest absolute Gasteiger partial charge is 0.133 e. The van der Waals surface area contributed by atoms with E-state index in [-0.39, 0.29) is 0 Å². The molecule has 0 unspecified atom stereocenters. The molecule has 0 bridgehead atoms. The maximum Gasteiger partial charge on any atom is 0.133 e. The van der Waals surface area contributed by atoms with Gasteiger partial charge in [0.05, 0.1) is 11.8 Å². The summed E-state index contributed by atoms with van der Waals surface area (Å²) in [6, 6.07) is 0.418. The summed E-state index contributed by atoms with van der Waals surface area (Å²) in [6.07, 6.45) is 4.04. The van der Waals surface area contributed by atoms with Gasteiger partial charge < -0.3 is 16.4 Å². The number of aliphatic imine (C=N–C) groups is 1. The highest BCUT2D eigenvalue weighted by molar-refractivity contribution is 6.02. The quantitative estimate of drug-likeness (QED) is 0.409. The van der Waals surface area contributed by atoms with Crippen LogP contribution in [0.2, 0.25) is 0 Å². The largest absolute Gasteiger partial charge is 0.383 e. The molecule has 0 saturated carbocycles. The lowest BCUT2D eigenvalue weighted by molar-refractivity contribution is 0.431. The molecule has 1 aromatic rings. The summed E-state index contributed by atoms with van der Waals surface area (Å²) in [7, 11) is 1.75. The fourth-order valence-electron chi connectivity index (χ4n) is 1.92. The monoisotopic (exact) mass is 222 g/mol. The van der Waals surface area contributed by atoms with Crippen LogP contribution in [0.5, 0.6) is 0 Å². The first kappa shape index (κ1) is 10.9. The molecule has 0 spiro atoms. The third-order valence-electron chi connectivity index (χ3n) is 2.79. The number of piperidine rings is 1. The summed E-state index contributed by atoms with van der Waals surface area (Å²) in [5.41, 5.74) is 6.61. The van der Waals surface area contributed by atoms with Crippen molar-refractivity contribution in [1.82, 2.24) is 20.8 Å². The Labute approximate surface area is 94.7 Å². The summed E-state index contributed by atoms with van der Waals surface area (Å²) in [4.78, 5) is 4.22. The predicted molar refractivity (Wildman–Crippen MR) is 64.5 cm³/mol. The van der Waals surface area contributed by atoms with Crippen molar-refractivity contribution < 1.29 is 0 Å². The van der Waals surface area contributed by atoms with E-state index in [0.29, 0.717) is 11.9 Å². The van der Waals surface area contributed by atoms with Gasteiger partial charge in [0.15, 0.2) is 0 Å². The van der Waals surface area contributed by atoms with Gasteiger partial charge in [0.1, 0.15) is 11.7 Å². The van der Waals surface area contributed by atoms with Gasteiger partial charge in [-0.1, -0.05) is 0 Å². The minimum atomic E-state index is 0.418. The van der Waals surface area contributed by atoms with Gasteiger partial charge in [0.2, 0.25) is 0 Å². The van der Waals surface area contributed by atoms with Crippen molar-refractivity contribution in [3.05, 3.63) is 11.8 Å². The molecule has 0 amide bonds. The molecule has 88 valence electrons. The zero-order chi connectivity index (χ0) is 11.4. The van der Waals surface area contributed by atoms with E-state index < -0.39 is 0 Å². The number of aromatic nitrogens is 2. The summed E-state index contributed by atoms with van der Waals surface area (Å²) in [5, 5.41) is 13.4. The highest BCUT2D eigenvalue weighted by Crippen LogP contribution is 2.09. The highest BCUT2D eigenvalue weighted by atomic mass is 15.2. The van der Waals surface area contributed by atoms with Crippen LogP contribution in [0.25, 0.3) is 0 Å². The number of hydrogen-bond acceptors (Lipinski definition) is 4. The van der Waals surface area contributed by atoms with E-state index in [1.54, 1.807) is 13.2 Å². The molecule has 2 rings (SSSR count). The molecule has 1 fully saturated rings. The number of aromatic amines is 1. The average Bonchev–Trinajstić information content (AvgIpc) is 2.74. The van der Waals surface area contributed by atoms with E-state index in [1.165, 1.54) is 6.42 Å². The van der Waals surface area contributed by atoms with Crippen LogP contribution in [0.15, 0.2) is 11.2 Å². The summed E-state index contributed by atoms with van der Waals surface area (Å²) < 4.78 is 0. The fraction of sp³-hybridized carbons (Fsp3) is 0.600. The van der Waals surface area contributed by atoms with E-state index in [4.69, 9.17) is 5.73 Å². The Balaban J connectivity index is 2.04. The second-order valence-corrected chi connectivity index (χ2v) is 3.96. The molecule has 1 aliphatic rings. The number of anilines is 1. The van der Waals surface area contributed by atoms with Gasteiger partial charge in [-0.05, 0) is 19.4 Å². The van der Waals surface area contributed by atoms with Crippen LogP contribution in [0.1, 0.15) is 18.4 Å². The van der Waals surface area contributed by atoms with Crippen molar-refractivity contribution in [3.63, 3.8) is 0 Å². The lowest BCUT2D eigenvalue weighted by Gasteiger charge is -2.25. The van der Waals surface area contributed by atoms with Gasteiger partial charge in [-0.15, -0.1) is 0 Å². The predicted octanol–water partition coefficient (Wildman–Crippen LogP) is -0.290. The molecular formula is C10H18N6. The first-order chi connectivity index (χ1) is 7.81. The number of nitrogen functional groups attached to an aromatic ring is 1. The maximum atomic E-state index is 5.77. The molecule has 0 aliphatic carbocycles. The number of hydrogen-bond donors (Lipinski definition) is 4. The van der Waals surface area contributed by atoms with Gasteiger partial charge in [-0.2, -0.15) is 5.10 Å². The molecule has 1 saturated heterocycles. The van der Waals surface area contributed by atoms with Gasteiger partial charge in [0, 0.05) is 19.6 Å². The number of H-pyrrole nitrogens is 1. The van der Waals surface area contributed by atoms with Crippen LogP contribution < -0.4 is 16.4 Å². The molecule has 1 atom stereocenters. The Morgan fingerprint density at radius 1 is 1.69 bits per heavy atom. The lowest BCUT2D eigenvalue weighted by atomic mass is 10.1. The molecule has 2 heterocycles. The van der Waals surface area contributed by atoms with Crippen molar-refractivity contribution in [2.24, 2.45) is 4.99 Å². The van der Waals surface area contributed by atoms with Gasteiger partial charge >= 0.3 is 0 Å². The fourth-order valence-corrected chi connectivity index (χ4v) is 1.92. The molecule has 0 aromatic carbocycles. The molecular weight excluding hydrogens is 204 g/mol. The Morgan fingerprint density at radius 2 is 2.56 bits per heavy atom. The number of nitrogens with two attached hydrogens (primary N) is 1. The first-order valence-electron chi connectivity index (χ1n) is 5.54. The second-order valence-electron chi connectivity index (χ2n) is 3.96. The zero-order valence-electron chi connectivity index (χ0n) is 9.45. The van der Waals surface area contributed by atoms with Crippen molar-refractivity contribution in [1.29, 1.82) is 0 Å². The standard InChI is InChI=1S/C10H18N6/c1-12-10(8-6-14-16-9(8)11)15-7-3-2-4-13-5-7/h6-7,13H,2-5H2,1H3,(H,12,15)(H3,11,14,16)/t7-/m0/s1. The van der Waals surface area contributed by atoms with E-state index in [1.807, 2.05) is 0 Å². The summed E-state index contributed by atoms with van der Waals surface area (Å²) >= 11 is 0. The Morgan fingerprint density at radius 3 is 3.12 bits per heavy atom. The molecule has 0 radical (unpaired) electrons. The SMILES string of the molecule is CN=C(N[C@H]1CCCNC1)c1cn[nH]c1N. The van der Waals surface area contributed by atoms with Gasteiger partial charge in [0.25, 0.3) is 0 Å². The number of nitrogens with one attached hydrogen (secondary N) is 3. The molecule has 6 heteroatoms. The summed E-state index contributed by atoms with van der Waals surface area (Å²) in [6.45, 7) is 2.07. The normalized spacial score (nSPS) is 22.1. The van der Waals surface area contributed by atoms with E-state index >= 15 is 0 Å². The van der Waals surface area contributed by atoms with Crippen LogP contribution in [-0.4, -0.2) is 42.2 Å². The van der Waals surface area contributed by atoms with Crippen molar-refractivity contribution in [3.8, 4) is 0 Å². The van der Waals surface area contributed by atoms with Gasteiger partial charge in [-0.3, -0.25) is 10.1 Å². The second kappa shape index (κ2) is 4.98. The third kappa shape index (κ3) is 2.33. The van der Waals surface area contributed by atoms with Gasteiger partial charge in [-0.25, -0.2) is 0 Å². The van der Waals surface area contributed by atoms with Crippen molar-refractivity contribution in [2.75, 3.05) is 25.9 Å². The topological polar surface area (TPSA) is 91.1 Å². The molecule has 6 nitrogen and oxygen atoms in total. The van der Waals surface area contributed by atoms with E-state index in [2.05, 4.69) is 25.8 Å². The molecule has 5 N–H and O–H groups in total. The van der Waals surface area contributed by atoms with Crippen LogP contribution >= 0.6 is 0 Å². The van der Waals surface area contributed by atoms with Crippen molar-refractivity contribution >= 4 is 11.7 Å². The number of nitrogens with zero attached hydrogens (tertiary/aromatic N) is 2. The Kier molecular flexibility index (Phi) is 3.40. The van der Waals surface area contributed by atoms with E-state index in [9.17, 15) is 0 Å². The molecule has 1 aromatic heterocycles. The maximum absolute atomic E-state index is 5.77. The number of rotatable bonds is 2.